The van der Waals surface area contributed by atoms with Crippen molar-refractivity contribution in [3.05, 3.63) is 63.3 Å². The van der Waals surface area contributed by atoms with Crippen molar-refractivity contribution in [1.29, 1.82) is 0 Å². The van der Waals surface area contributed by atoms with Crippen LogP contribution in [0, 0.1) is 0 Å². The fourth-order valence-corrected chi connectivity index (χ4v) is 3.66. The largest absolute Gasteiger partial charge is 0.275 e. The highest BCUT2D eigenvalue weighted by atomic mass is 35.5. The molecule has 0 saturated heterocycles. The van der Waals surface area contributed by atoms with Crippen LogP contribution in [0.3, 0.4) is 0 Å². The Morgan fingerprint density at radius 1 is 1.09 bits per heavy atom. The molecule has 0 spiro atoms. The summed E-state index contributed by atoms with van der Waals surface area (Å²) in [5, 5.41) is 1.88. The molecule has 4 nitrogen and oxygen atoms in total. The first-order valence-electron chi connectivity index (χ1n) is 6.35. The summed E-state index contributed by atoms with van der Waals surface area (Å²) in [7, 11) is 0. The number of hydrogen-bond donors (Lipinski definition) is 0. The number of thiophene rings is 1. The molecule has 0 aliphatic rings. The summed E-state index contributed by atoms with van der Waals surface area (Å²) in [5.41, 5.74) is 1.15. The molecule has 0 N–H and O–H groups in total. The minimum atomic E-state index is -0.147. The van der Waals surface area contributed by atoms with Crippen molar-refractivity contribution in [3.63, 3.8) is 0 Å². The highest BCUT2D eigenvalue weighted by molar-refractivity contribution is 7.25. The molecule has 0 fully saturated rings. The second-order valence-corrected chi connectivity index (χ2v) is 6.56. The third kappa shape index (κ3) is 2.09. The van der Waals surface area contributed by atoms with Crippen LogP contribution in [-0.2, 0) is 0 Å². The summed E-state index contributed by atoms with van der Waals surface area (Å²) in [6.45, 7) is 0. The van der Waals surface area contributed by atoms with Gasteiger partial charge in [-0.15, -0.1) is 11.3 Å². The molecule has 108 valence electrons. The number of benzene rings is 1. The maximum atomic E-state index is 12.7. The molecular weight excluding hydrogens is 341 g/mol. The van der Waals surface area contributed by atoms with Crippen LogP contribution >= 0.6 is 34.5 Å². The molecule has 22 heavy (non-hydrogen) atoms. The second-order valence-electron chi connectivity index (χ2n) is 4.69. The van der Waals surface area contributed by atoms with E-state index >= 15 is 0 Å². The molecular formula is C15H7Cl2N3OS. The van der Waals surface area contributed by atoms with Gasteiger partial charge >= 0.3 is 0 Å². The Balaban J connectivity index is 2.06. The van der Waals surface area contributed by atoms with Crippen molar-refractivity contribution in [2.75, 3.05) is 0 Å². The zero-order valence-corrected chi connectivity index (χ0v) is 13.3. The van der Waals surface area contributed by atoms with Crippen molar-refractivity contribution >= 4 is 55.0 Å². The molecule has 0 saturated carbocycles. The zero-order chi connectivity index (χ0) is 15.3. The quantitative estimate of drug-likeness (QED) is 0.515. The first kappa shape index (κ1) is 13.7. The van der Waals surface area contributed by atoms with Crippen molar-refractivity contribution in [1.82, 2.24) is 14.5 Å². The Kier molecular flexibility index (Phi) is 3.14. The van der Waals surface area contributed by atoms with E-state index in [1.807, 2.05) is 6.07 Å². The molecule has 3 aromatic heterocycles. The average Bonchev–Trinajstić information content (AvgIpc) is 2.87. The van der Waals surface area contributed by atoms with Crippen LogP contribution in [0.15, 0.2) is 47.7 Å². The first-order chi connectivity index (χ1) is 10.6. The summed E-state index contributed by atoms with van der Waals surface area (Å²) in [6, 6.07) is 8.86. The summed E-state index contributed by atoms with van der Waals surface area (Å²) in [5.74, 6) is 0. The summed E-state index contributed by atoms with van der Waals surface area (Å²) in [4.78, 5) is 22.1. The number of halogens is 2. The van der Waals surface area contributed by atoms with E-state index in [0.717, 1.165) is 10.2 Å². The van der Waals surface area contributed by atoms with Crippen LogP contribution in [0.2, 0.25) is 10.0 Å². The van der Waals surface area contributed by atoms with Crippen LogP contribution in [-0.4, -0.2) is 14.5 Å². The van der Waals surface area contributed by atoms with Gasteiger partial charge in [0.2, 0.25) is 0 Å². The number of fused-ring (bicyclic) bond motifs is 3. The van der Waals surface area contributed by atoms with E-state index in [0.29, 0.717) is 25.9 Å². The van der Waals surface area contributed by atoms with Gasteiger partial charge in [0.1, 0.15) is 15.9 Å². The molecule has 0 radical (unpaired) electrons. The molecule has 0 bridgehead atoms. The molecule has 1 aromatic carbocycles. The van der Waals surface area contributed by atoms with Gasteiger partial charge in [-0.1, -0.05) is 29.3 Å². The lowest BCUT2D eigenvalue weighted by Gasteiger charge is -2.05. The fourth-order valence-electron chi connectivity index (χ4n) is 2.31. The van der Waals surface area contributed by atoms with E-state index in [9.17, 15) is 4.79 Å². The molecule has 0 amide bonds. The Labute approximate surface area is 138 Å². The topological polar surface area (TPSA) is 47.8 Å². The minimum absolute atomic E-state index is 0.147. The maximum absolute atomic E-state index is 12.7. The Morgan fingerprint density at radius 3 is 2.77 bits per heavy atom. The summed E-state index contributed by atoms with van der Waals surface area (Å²) < 4.78 is 2.03. The van der Waals surface area contributed by atoms with Gasteiger partial charge < -0.3 is 0 Å². The van der Waals surface area contributed by atoms with E-state index in [4.69, 9.17) is 23.2 Å². The molecule has 0 atom stereocenters. The van der Waals surface area contributed by atoms with Gasteiger partial charge in [0.15, 0.2) is 0 Å². The molecule has 4 aromatic rings. The second kappa shape index (κ2) is 5.05. The predicted molar refractivity (Wildman–Crippen MR) is 90.5 cm³/mol. The van der Waals surface area contributed by atoms with Gasteiger partial charge in [0, 0.05) is 16.6 Å². The van der Waals surface area contributed by atoms with Crippen molar-refractivity contribution in [2.45, 2.75) is 0 Å². The minimum Gasteiger partial charge on any atom is -0.267 e. The normalized spacial score (nSPS) is 11.4. The fraction of sp³-hybridized carbons (Fsp3) is 0. The summed E-state index contributed by atoms with van der Waals surface area (Å²) in [6.07, 6.45) is 3.07. The number of rotatable bonds is 1. The van der Waals surface area contributed by atoms with Crippen molar-refractivity contribution < 1.29 is 0 Å². The third-order valence-electron chi connectivity index (χ3n) is 3.29. The Hall–Kier alpha value is -1.95. The van der Waals surface area contributed by atoms with Crippen LogP contribution < -0.4 is 5.56 Å². The molecule has 7 heteroatoms. The number of aromatic nitrogens is 3. The lowest BCUT2D eigenvalue weighted by molar-refractivity contribution is 0.968. The Morgan fingerprint density at radius 2 is 1.95 bits per heavy atom. The molecule has 0 aliphatic carbocycles. The van der Waals surface area contributed by atoms with Crippen molar-refractivity contribution in [3.8, 4) is 5.69 Å². The zero-order valence-electron chi connectivity index (χ0n) is 11.0. The lowest BCUT2D eigenvalue weighted by Crippen LogP contribution is -2.17. The van der Waals surface area contributed by atoms with Gasteiger partial charge in [-0.2, -0.15) is 0 Å². The van der Waals surface area contributed by atoms with Gasteiger partial charge in [0.25, 0.3) is 5.56 Å². The smallest absolute Gasteiger partial charge is 0.267 e. The predicted octanol–water partition coefficient (Wildman–Crippen LogP) is 4.30. The molecule has 4 rings (SSSR count). The van der Waals surface area contributed by atoms with Gasteiger partial charge in [0.05, 0.1) is 16.2 Å². The molecule has 0 unspecified atom stereocenters. The standard InChI is InChI=1S/C15H7Cl2N3OS/c16-8-2-1-3-10(4-8)20-7-19-12-11-5-9(17)6-18-14(11)22-13(12)15(20)21/h1-7H. The lowest BCUT2D eigenvalue weighted by atomic mass is 10.3. The highest BCUT2D eigenvalue weighted by Crippen LogP contribution is 2.30. The SMILES string of the molecule is O=c1c2sc3ncc(Cl)cc3c2ncn1-c1cccc(Cl)c1. The monoisotopic (exact) mass is 347 g/mol. The van der Waals surface area contributed by atoms with Crippen LogP contribution in [0.1, 0.15) is 0 Å². The third-order valence-corrected chi connectivity index (χ3v) is 4.82. The average molecular weight is 348 g/mol. The van der Waals surface area contributed by atoms with Crippen LogP contribution in [0.25, 0.3) is 26.1 Å². The molecule has 0 aliphatic heterocycles. The maximum Gasteiger partial charge on any atom is 0.275 e. The van der Waals surface area contributed by atoms with Crippen LogP contribution in [0.5, 0.6) is 0 Å². The number of pyridine rings is 1. The van der Waals surface area contributed by atoms with Crippen molar-refractivity contribution in [2.24, 2.45) is 0 Å². The first-order valence-corrected chi connectivity index (χ1v) is 7.92. The van der Waals surface area contributed by atoms with E-state index in [-0.39, 0.29) is 5.56 Å². The Bertz CT molecular complexity index is 1090. The molecule has 3 heterocycles. The highest BCUT2D eigenvalue weighted by Gasteiger charge is 2.13. The van der Waals surface area contributed by atoms with E-state index in [1.54, 1.807) is 30.5 Å². The summed E-state index contributed by atoms with van der Waals surface area (Å²) >= 11 is 13.3. The van der Waals surface area contributed by atoms with Crippen LogP contribution in [0.4, 0.5) is 0 Å². The van der Waals surface area contributed by atoms with Gasteiger partial charge in [-0.3, -0.25) is 9.36 Å². The van der Waals surface area contributed by atoms with E-state index < -0.39 is 0 Å². The number of nitrogens with zero attached hydrogens (tertiary/aromatic N) is 3. The van der Waals surface area contributed by atoms with Gasteiger partial charge in [-0.05, 0) is 24.3 Å². The van der Waals surface area contributed by atoms with Gasteiger partial charge in [-0.25, -0.2) is 9.97 Å². The van der Waals surface area contributed by atoms with E-state index in [2.05, 4.69) is 9.97 Å². The van der Waals surface area contributed by atoms with E-state index in [1.165, 1.54) is 22.2 Å². The number of hydrogen-bond acceptors (Lipinski definition) is 4.